The molecule has 0 amide bonds. The summed E-state index contributed by atoms with van der Waals surface area (Å²) >= 11 is 0. The van der Waals surface area contributed by atoms with Gasteiger partial charge in [0.05, 0.1) is 17.2 Å². The van der Waals surface area contributed by atoms with E-state index in [0.29, 0.717) is 28.0 Å². The van der Waals surface area contributed by atoms with Crippen molar-refractivity contribution in [2.75, 3.05) is 0 Å². The lowest BCUT2D eigenvalue weighted by Gasteiger charge is -2.06. The van der Waals surface area contributed by atoms with Crippen molar-refractivity contribution in [1.82, 2.24) is 0 Å². The summed E-state index contributed by atoms with van der Waals surface area (Å²) in [6.07, 6.45) is 0. The fraction of sp³-hybridized carbons (Fsp3) is 0. The van der Waals surface area contributed by atoms with Crippen LogP contribution in [0.5, 0.6) is 5.75 Å². The second-order valence-corrected chi connectivity index (χ2v) is 5.66. The van der Waals surface area contributed by atoms with Crippen LogP contribution in [0.2, 0.25) is 0 Å². The average molecular weight is 325 g/mol. The number of fused-ring (bicyclic) bond motifs is 3. The average Bonchev–Trinajstić information content (AvgIpc) is 2.94. The molecule has 3 aromatic rings. The van der Waals surface area contributed by atoms with Gasteiger partial charge in [0.25, 0.3) is 0 Å². The van der Waals surface area contributed by atoms with Crippen LogP contribution in [0.4, 0.5) is 0 Å². The molecule has 0 fully saturated rings. The van der Waals surface area contributed by atoms with Gasteiger partial charge < -0.3 is 4.74 Å². The molecule has 4 nitrogen and oxygen atoms in total. The Morgan fingerprint density at radius 1 is 0.840 bits per heavy atom. The monoisotopic (exact) mass is 325 g/mol. The number of hydrogen-bond acceptors (Lipinski definition) is 4. The first-order valence-corrected chi connectivity index (χ1v) is 7.68. The lowest BCUT2D eigenvalue weighted by atomic mass is 10.0. The largest absolute Gasteiger partial charge is 0.423 e. The lowest BCUT2D eigenvalue weighted by Crippen LogP contribution is -2.09. The van der Waals surface area contributed by atoms with Gasteiger partial charge in [-0.25, -0.2) is 4.79 Å². The standard InChI is InChI=1S/C21H11NO3/c22-12-13-4-3-5-15(10-13)25-21(24)14-8-9-17-16-6-1-2-7-18(16)20(23)19(17)11-14/h1-11H. The molecule has 0 radical (unpaired) electrons. The minimum absolute atomic E-state index is 0.0910. The highest BCUT2D eigenvalue weighted by Crippen LogP contribution is 2.36. The Hall–Kier alpha value is -3.71. The van der Waals surface area contributed by atoms with Crippen molar-refractivity contribution >= 4 is 11.8 Å². The Morgan fingerprint density at radius 3 is 2.40 bits per heavy atom. The van der Waals surface area contributed by atoms with Crippen LogP contribution >= 0.6 is 0 Å². The SMILES string of the molecule is N#Cc1cccc(OC(=O)c2ccc3c(c2)C(=O)c2ccccc2-3)c1. The number of esters is 1. The Kier molecular flexibility index (Phi) is 3.41. The highest BCUT2D eigenvalue weighted by Gasteiger charge is 2.27. The summed E-state index contributed by atoms with van der Waals surface area (Å²) in [5, 5.41) is 8.91. The topological polar surface area (TPSA) is 67.2 Å². The molecule has 0 heterocycles. The molecule has 0 bridgehead atoms. The quantitative estimate of drug-likeness (QED) is 0.413. The number of carbonyl (C=O) groups excluding carboxylic acids is 2. The zero-order valence-corrected chi connectivity index (χ0v) is 13.0. The molecule has 4 heteroatoms. The molecule has 118 valence electrons. The molecule has 0 N–H and O–H groups in total. The van der Waals surface area contributed by atoms with E-state index in [9.17, 15) is 9.59 Å². The van der Waals surface area contributed by atoms with E-state index in [1.807, 2.05) is 24.3 Å². The highest BCUT2D eigenvalue weighted by molar-refractivity contribution is 6.22. The van der Waals surface area contributed by atoms with Crippen molar-refractivity contribution in [1.29, 1.82) is 5.26 Å². The number of carbonyl (C=O) groups is 2. The van der Waals surface area contributed by atoms with Gasteiger partial charge in [0.2, 0.25) is 0 Å². The normalized spacial score (nSPS) is 11.4. The minimum atomic E-state index is -0.568. The van der Waals surface area contributed by atoms with Crippen molar-refractivity contribution in [2.45, 2.75) is 0 Å². The van der Waals surface area contributed by atoms with Crippen LogP contribution in [-0.2, 0) is 0 Å². The van der Waals surface area contributed by atoms with Gasteiger partial charge in [-0.2, -0.15) is 5.26 Å². The molecule has 1 aliphatic carbocycles. The molecule has 0 aromatic heterocycles. The maximum atomic E-state index is 12.5. The van der Waals surface area contributed by atoms with E-state index in [4.69, 9.17) is 10.00 Å². The van der Waals surface area contributed by atoms with Gasteiger partial charge >= 0.3 is 5.97 Å². The number of nitrogens with zero attached hydrogens (tertiary/aromatic N) is 1. The molecule has 0 saturated carbocycles. The number of nitriles is 1. The molecule has 0 atom stereocenters. The van der Waals surface area contributed by atoms with Crippen molar-refractivity contribution in [2.24, 2.45) is 0 Å². The molecule has 0 aliphatic heterocycles. The van der Waals surface area contributed by atoms with Gasteiger partial charge in [0.1, 0.15) is 5.75 Å². The van der Waals surface area contributed by atoms with Crippen molar-refractivity contribution in [3.63, 3.8) is 0 Å². The minimum Gasteiger partial charge on any atom is -0.423 e. The van der Waals surface area contributed by atoms with Gasteiger partial charge in [-0.15, -0.1) is 0 Å². The Bertz CT molecular complexity index is 1080. The van der Waals surface area contributed by atoms with E-state index < -0.39 is 5.97 Å². The smallest absolute Gasteiger partial charge is 0.343 e. The van der Waals surface area contributed by atoms with Gasteiger partial charge in [-0.1, -0.05) is 36.4 Å². The Morgan fingerprint density at radius 2 is 1.60 bits per heavy atom. The van der Waals surface area contributed by atoms with E-state index in [-0.39, 0.29) is 5.78 Å². The van der Waals surface area contributed by atoms with E-state index in [2.05, 4.69) is 0 Å². The van der Waals surface area contributed by atoms with Crippen molar-refractivity contribution in [3.8, 4) is 22.9 Å². The highest BCUT2D eigenvalue weighted by atomic mass is 16.5. The van der Waals surface area contributed by atoms with E-state index in [0.717, 1.165) is 11.1 Å². The van der Waals surface area contributed by atoms with Gasteiger partial charge in [0.15, 0.2) is 5.78 Å². The summed E-state index contributed by atoms with van der Waals surface area (Å²) in [5.74, 6) is -0.368. The Labute approximate surface area is 143 Å². The molecule has 0 spiro atoms. The number of ether oxygens (including phenoxy) is 1. The third-order valence-corrected chi connectivity index (χ3v) is 4.14. The zero-order valence-electron chi connectivity index (χ0n) is 13.0. The van der Waals surface area contributed by atoms with Gasteiger partial charge in [-0.05, 0) is 41.5 Å². The molecule has 25 heavy (non-hydrogen) atoms. The first kappa shape index (κ1) is 14.9. The summed E-state index contributed by atoms with van der Waals surface area (Å²) in [5.41, 5.74) is 3.55. The second kappa shape index (κ2) is 5.73. The van der Waals surface area contributed by atoms with Crippen LogP contribution in [0, 0.1) is 11.3 Å². The van der Waals surface area contributed by atoms with Crippen LogP contribution in [-0.4, -0.2) is 11.8 Å². The van der Waals surface area contributed by atoms with Crippen LogP contribution in [0.1, 0.15) is 31.8 Å². The fourth-order valence-corrected chi connectivity index (χ4v) is 2.95. The summed E-state index contributed by atoms with van der Waals surface area (Å²) < 4.78 is 5.31. The van der Waals surface area contributed by atoms with E-state index >= 15 is 0 Å². The van der Waals surface area contributed by atoms with Crippen LogP contribution < -0.4 is 4.74 Å². The van der Waals surface area contributed by atoms with Crippen molar-refractivity contribution < 1.29 is 14.3 Å². The van der Waals surface area contributed by atoms with Crippen molar-refractivity contribution in [3.05, 3.63) is 89.0 Å². The third kappa shape index (κ3) is 2.48. The van der Waals surface area contributed by atoms with Crippen LogP contribution in [0.15, 0.2) is 66.7 Å². The maximum absolute atomic E-state index is 12.5. The predicted molar refractivity (Wildman–Crippen MR) is 91.4 cm³/mol. The van der Waals surface area contributed by atoms with E-state index in [1.54, 1.807) is 42.5 Å². The Balaban J connectivity index is 1.66. The number of benzene rings is 3. The molecule has 0 saturated heterocycles. The van der Waals surface area contributed by atoms with E-state index in [1.165, 1.54) is 6.07 Å². The summed E-state index contributed by atoms with van der Waals surface area (Å²) in [4.78, 5) is 24.9. The number of hydrogen-bond donors (Lipinski definition) is 0. The summed E-state index contributed by atoms with van der Waals surface area (Å²) in [6, 6.07) is 20.7. The van der Waals surface area contributed by atoms with Gasteiger partial charge in [-0.3, -0.25) is 4.79 Å². The number of ketones is 1. The number of rotatable bonds is 2. The molecular formula is C21H11NO3. The molecule has 0 unspecified atom stereocenters. The van der Waals surface area contributed by atoms with Crippen LogP contribution in [0.3, 0.4) is 0 Å². The third-order valence-electron chi connectivity index (χ3n) is 4.14. The lowest BCUT2D eigenvalue weighted by molar-refractivity contribution is 0.0735. The second-order valence-electron chi connectivity index (χ2n) is 5.66. The van der Waals surface area contributed by atoms with Crippen LogP contribution in [0.25, 0.3) is 11.1 Å². The zero-order chi connectivity index (χ0) is 17.4. The first-order valence-electron chi connectivity index (χ1n) is 7.68. The first-order chi connectivity index (χ1) is 12.2. The fourth-order valence-electron chi connectivity index (χ4n) is 2.95. The molecule has 1 aliphatic rings. The molecular weight excluding hydrogens is 314 g/mol. The predicted octanol–water partition coefficient (Wildman–Crippen LogP) is 3.99. The van der Waals surface area contributed by atoms with Gasteiger partial charge in [0, 0.05) is 11.1 Å². The summed E-state index contributed by atoms with van der Waals surface area (Å²) in [6.45, 7) is 0. The summed E-state index contributed by atoms with van der Waals surface area (Å²) in [7, 11) is 0. The molecule has 3 aromatic carbocycles. The maximum Gasteiger partial charge on any atom is 0.343 e. The molecule has 4 rings (SSSR count).